The third-order valence-corrected chi connectivity index (χ3v) is 7.29. The number of hydrogen-bond acceptors (Lipinski definition) is 7. The minimum atomic E-state index is -3.78. The Hall–Kier alpha value is -3.70. The zero-order chi connectivity index (χ0) is 24.3. The lowest BCUT2D eigenvalue weighted by molar-refractivity contribution is 0.0955. The van der Waals surface area contributed by atoms with E-state index in [2.05, 4.69) is 20.2 Å². The molecule has 2 aromatic carbocycles. The van der Waals surface area contributed by atoms with E-state index in [1.54, 1.807) is 29.7 Å². The SMILES string of the molecule is CCOc1ccc(S(=O)(=O)Nc2ccc(C(=O)N/N=C/c3c(C)nc4scc(C)n34)cc2)cc1. The monoisotopic (exact) mass is 497 g/mol. The lowest BCUT2D eigenvalue weighted by Crippen LogP contribution is -2.18. The molecule has 4 rings (SSSR count). The van der Waals surface area contributed by atoms with Crippen LogP contribution < -0.4 is 14.9 Å². The zero-order valence-corrected chi connectivity index (χ0v) is 20.4. The third-order valence-electron chi connectivity index (χ3n) is 4.95. The van der Waals surface area contributed by atoms with Crippen molar-refractivity contribution in [2.24, 2.45) is 5.10 Å². The van der Waals surface area contributed by atoms with Crippen LogP contribution in [0.15, 0.2) is 63.9 Å². The third kappa shape index (κ3) is 4.95. The fourth-order valence-corrected chi connectivity index (χ4v) is 5.26. The van der Waals surface area contributed by atoms with Crippen molar-refractivity contribution in [3.63, 3.8) is 0 Å². The fourth-order valence-electron chi connectivity index (χ4n) is 3.28. The molecule has 2 aromatic heterocycles. The Bertz CT molecular complexity index is 1450. The van der Waals surface area contributed by atoms with Crippen LogP contribution in [0.3, 0.4) is 0 Å². The first-order valence-electron chi connectivity index (χ1n) is 10.4. The van der Waals surface area contributed by atoms with Gasteiger partial charge in [0.25, 0.3) is 15.9 Å². The van der Waals surface area contributed by atoms with Crippen molar-refractivity contribution in [2.75, 3.05) is 11.3 Å². The lowest BCUT2D eigenvalue weighted by Gasteiger charge is -2.09. The molecule has 0 saturated heterocycles. The molecule has 11 heteroatoms. The maximum absolute atomic E-state index is 12.6. The number of aromatic nitrogens is 2. The van der Waals surface area contributed by atoms with E-state index in [9.17, 15) is 13.2 Å². The molecule has 0 aliphatic heterocycles. The summed E-state index contributed by atoms with van der Waals surface area (Å²) in [5.41, 5.74) is 5.82. The van der Waals surface area contributed by atoms with E-state index in [1.165, 1.54) is 36.4 Å². The number of aryl methyl sites for hydroxylation is 2. The van der Waals surface area contributed by atoms with Gasteiger partial charge in [-0.2, -0.15) is 5.10 Å². The van der Waals surface area contributed by atoms with Gasteiger partial charge in [0.2, 0.25) is 0 Å². The molecule has 0 spiro atoms. The van der Waals surface area contributed by atoms with Crippen LogP contribution in [0.25, 0.3) is 4.96 Å². The van der Waals surface area contributed by atoms with Crippen LogP contribution in [0.5, 0.6) is 5.75 Å². The first kappa shape index (κ1) is 23.5. The minimum Gasteiger partial charge on any atom is -0.494 e. The molecule has 0 unspecified atom stereocenters. The molecule has 1 amide bonds. The number of ether oxygens (including phenoxy) is 1. The molecule has 2 N–H and O–H groups in total. The zero-order valence-electron chi connectivity index (χ0n) is 18.8. The van der Waals surface area contributed by atoms with Crippen molar-refractivity contribution in [1.29, 1.82) is 0 Å². The van der Waals surface area contributed by atoms with E-state index in [4.69, 9.17) is 4.74 Å². The van der Waals surface area contributed by atoms with Crippen molar-refractivity contribution < 1.29 is 17.9 Å². The molecule has 0 bridgehead atoms. The highest BCUT2D eigenvalue weighted by atomic mass is 32.2. The average Bonchev–Trinajstić information content (AvgIpc) is 3.32. The normalized spacial score (nSPS) is 11.7. The van der Waals surface area contributed by atoms with Gasteiger partial charge in [-0.15, -0.1) is 11.3 Å². The molecule has 0 atom stereocenters. The van der Waals surface area contributed by atoms with Gasteiger partial charge in [0, 0.05) is 22.3 Å². The quantitative estimate of drug-likeness (QED) is 0.282. The number of sulfonamides is 1. The highest BCUT2D eigenvalue weighted by molar-refractivity contribution is 7.92. The van der Waals surface area contributed by atoms with Gasteiger partial charge in [-0.25, -0.2) is 18.8 Å². The van der Waals surface area contributed by atoms with E-state index in [-0.39, 0.29) is 4.90 Å². The first-order valence-corrected chi connectivity index (χ1v) is 12.8. The van der Waals surface area contributed by atoms with E-state index in [0.29, 0.717) is 23.6 Å². The molecule has 0 aliphatic carbocycles. The summed E-state index contributed by atoms with van der Waals surface area (Å²) in [6.07, 6.45) is 1.56. The summed E-state index contributed by atoms with van der Waals surface area (Å²) >= 11 is 1.54. The Balaban J connectivity index is 1.40. The van der Waals surface area contributed by atoms with Crippen molar-refractivity contribution in [1.82, 2.24) is 14.8 Å². The fraction of sp³-hybridized carbons (Fsp3) is 0.174. The second-order valence-corrected chi connectivity index (χ2v) is 9.88. The van der Waals surface area contributed by atoms with Crippen molar-refractivity contribution >= 4 is 44.1 Å². The molecule has 176 valence electrons. The van der Waals surface area contributed by atoms with Crippen LogP contribution in [-0.4, -0.2) is 36.5 Å². The summed E-state index contributed by atoms with van der Waals surface area (Å²) in [5.74, 6) is 0.176. The highest BCUT2D eigenvalue weighted by Gasteiger charge is 2.15. The molecule has 4 aromatic rings. The number of imidazole rings is 1. The maximum atomic E-state index is 12.6. The largest absolute Gasteiger partial charge is 0.494 e. The number of hydrazone groups is 1. The molecule has 34 heavy (non-hydrogen) atoms. The van der Waals surface area contributed by atoms with Crippen LogP contribution in [0.4, 0.5) is 5.69 Å². The van der Waals surface area contributed by atoms with Crippen molar-refractivity contribution in [2.45, 2.75) is 25.7 Å². The number of nitrogens with zero attached hydrogens (tertiary/aromatic N) is 3. The van der Waals surface area contributed by atoms with Crippen molar-refractivity contribution in [3.05, 3.63) is 76.6 Å². The number of benzene rings is 2. The predicted octanol–water partition coefficient (Wildman–Crippen LogP) is 3.98. The Morgan fingerprint density at radius 2 is 1.85 bits per heavy atom. The number of thiazole rings is 1. The Kier molecular flexibility index (Phi) is 6.66. The number of hydrogen-bond donors (Lipinski definition) is 2. The maximum Gasteiger partial charge on any atom is 0.271 e. The van der Waals surface area contributed by atoms with Crippen LogP contribution in [-0.2, 0) is 10.0 Å². The summed E-state index contributed by atoms with van der Waals surface area (Å²) in [7, 11) is -3.78. The van der Waals surface area contributed by atoms with E-state index in [1.807, 2.05) is 30.6 Å². The number of carbonyl (C=O) groups is 1. The Morgan fingerprint density at radius 3 is 2.53 bits per heavy atom. The number of rotatable bonds is 8. The van der Waals surface area contributed by atoms with Gasteiger partial charge in [-0.3, -0.25) is 13.9 Å². The predicted molar refractivity (Wildman–Crippen MR) is 132 cm³/mol. The summed E-state index contributed by atoms with van der Waals surface area (Å²) in [6, 6.07) is 12.2. The van der Waals surface area contributed by atoms with Gasteiger partial charge >= 0.3 is 0 Å². The standard InChI is InChI=1S/C23H23N5O4S2/c1-4-32-19-9-11-20(12-10-19)34(30,31)27-18-7-5-17(6-8-18)22(29)26-24-13-21-16(3)25-23-28(21)15(2)14-33-23/h5-14,27H,4H2,1-3H3,(H,26,29)/b24-13+. The van der Waals surface area contributed by atoms with Gasteiger partial charge < -0.3 is 4.74 Å². The minimum absolute atomic E-state index is 0.109. The van der Waals surface area contributed by atoms with Gasteiger partial charge in [0.1, 0.15) is 5.75 Å². The molecular weight excluding hydrogens is 474 g/mol. The van der Waals surface area contributed by atoms with Gasteiger partial charge in [-0.05, 0) is 69.3 Å². The van der Waals surface area contributed by atoms with Gasteiger partial charge in [0.15, 0.2) is 4.96 Å². The lowest BCUT2D eigenvalue weighted by atomic mass is 10.2. The number of carbonyl (C=O) groups excluding carboxylic acids is 1. The Labute approximate surface area is 201 Å². The Morgan fingerprint density at radius 1 is 1.15 bits per heavy atom. The number of fused-ring (bicyclic) bond motifs is 1. The van der Waals surface area contributed by atoms with Gasteiger partial charge in [0.05, 0.1) is 29.1 Å². The van der Waals surface area contributed by atoms with Crippen LogP contribution >= 0.6 is 11.3 Å². The topological polar surface area (TPSA) is 114 Å². The molecule has 0 fully saturated rings. The summed E-state index contributed by atoms with van der Waals surface area (Å²) in [4.78, 5) is 17.9. The molecule has 0 aliphatic rings. The van der Waals surface area contributed by atoms with Crippen LogP contribution in [0, 0.1) is 13.8 Å². The van der Waals surface area contributed by atoms with E-state index in [0.717, 1.165) is 22.0 Å². The highest BCUT2D eigenvalue weighted by Crippen LogP contribution is 2.21. The molecule has 2 heterocycles. The number of anilines is 1. The number of amides is 1. The second-order valence-electron chi connectivity index (χ2n) is 7.36. The first-order chi connectivity index (χ1) is 16.3. The second kappa shape index (κ2) is 9.65. The van der Waals surface area contributed by atoms with E-state index >= 15 is 0 Å². The van der Waals surface area contributed by atoms with Crippen molar-refractivity contribution in [3.8, 4) is 5.75 Å². The molecule has 9 nitrogen and oxygen atoms in total. The average molecular weight is 498 g/mol. The van der Waals surface area contributed by atoms with Gasteiger partial charge in [-0.1, -0.05) is 0 Å². The molecular formula is C23H23N5O4S2. The smallest absolute Gasteiger partial charge is 0.271 e. The summed E-state index contributed by atoms with van der Waals surface area (Å²) < 4.78 is 35.0. The van der Waals surface area contributed by atoms with Crippen LogP contribution in [0.2, 0.25) is 0 Å². The summed E-state index contributed by atoms with van der Waals surface area (Å²) in [6.45, 7) is 6.21. The van der Waals surface area contributed by atoms with Crippen LogP contribution in [0.1, 0.15) is 34.4 Å². The molecule has 0 saturated carbocycles. The molecule has 0 radical (unpaired) electrons. The summed E-state index contributed by atoms with van der Waals surface area (Å²) in [5, 5.41) is 6.06. The van der Waals surface area contributed by atoms with E-state index < -0.39 is 15.9 Å². The number of nitrogens with one attached hydrogen (secondary N) is 2.